The topological polar surface area (TPSA) is 0 Å². The van der Waals surface area contributed by atoms with E-state index in [0.717, 1.165) is 0 Å². The summed E-state index contributed by atoms with van der Waals surface area (Å²) >= 11 is 0.151. The number of rotatable bonds is 6. The van der Waals surface area contributed by atoms with E-state index in [4.69, 9.17) is 0 Å². The third kappa shape index (κ3) is 4.23. The van der Waals surface area contributed by atoms with Gasteiger partial charge in [0.15, 0.2) is 0 Å². The van der Waals surface area contributed by atoms with E-state index in [0.29, 0.717) is 0 Å². The van der Waals surface area contributed by atoms with Crippen molar-refractivity contribution in [3.8, 4) is 0 Å². The second-order valence-corrected chi connectivity index (χ2v) is 9.61. The van der Waals surface area contributed by atoms with Gasteiger partial charge in [-0.3, -0.25) is 0 Å². The maximum absolute atomic E-state index is 3.30. The molecule has 0 saturated heterocycles. The van der Waals surface area contributed by atoms with Crippen LogP contribution in [0.2, 0.25) is 8.94 Å². The van der Waals surface area contributed by atoms with Gasteiger partial charge in [-0.15, -0.1) is 0 Å². The molecule has 0 saturated carbocycles. The minimum atomic E-state index is 0.0755. The summed E-state index contributed by atoms with van der Waals surface area (Å²) in [6.45, 7) is 0. The van der Waals surface area contributed by atoms with Gasteiger partial charge in [-0.1, -0.05) is 0 Å². The predicted molar refractivity (Wildman–Crippen MR) is 67.2 cm³/mol. The van der Waals surface area contributed by atoms with Crippen LogP contribution < -0.4 is 0 Å². The Morgan fingerprint density at radius 2 is 1.40 bits per heavy atom. The first kappa shape index (κ1) is 11.6. The summed E-state index contributed by atoms with van der Waals surface area (Å²) in [7, 11) is 0. The molecule has 0 spiro atoms. The monoisotopic (exact) mass is 428 g/mol. The van der Waals surface area contributed by atoms with Gasteiger partial charge in [-0.25, -0.2) is 0 Å². The van der Waals surface area contributed by atoms with Crippen LogP contribution in [-0.2, 0) is 0 Å². The molecule has 0 atom stereocenters. The Kier molecular flexibility index (Phi) is 5.12. The van der Waals surface area contributed by atoms with Crippen LogP contribution in [0.3, 0.4) is 0 Å². The first-order chi connectivity index (χ1) is 7.45. The molecule has 0 aromatic carbocycles. The van der Waals surface area contributed by atoms with Gasteiger partial charge >= 0.3 is 112 Å². The van der Waals surface area contributed by atoms with Crippen molar-refractivity contribution in [1.29, 1.82) is 0 Å². The van der Waals surface area contributed by atoms with Gasteiger partial charge in [0.05, 0.1) is 0 Å². The predicted octanol–water partition coefficient (Wildman–Crippen LogP) is 2.84. The zero-order valence-electron chi connectivity index (χ0n) is 8.40. The summed E-state index contributed by atoms with van der Waals surface area (Å²) < 4.78 is 5.88. The van der Waals surface area contributed by atoms with E-state index < -0.39 is 0 Å². The van der Waals surface area contributed by atoms with Gasteiger partial charge in [0.2, 0.25) is 0 Å². The fourth-order valence-corrected chi connectivity index (χ4v) is 7.76. The number of allylic oxidation sites excluding steroid dienone is 6. The van der Waals surface area contributed by atoms with Gasteiger partial charge in [0.25, 0.3) is 0 Å². The van der Waals surface area contributed by atoms with E-state index in [2.05, 4.69) is 35.8 Å². The Hall–Kier alpha value is 0.0992. The van der Waals surface area contributed by atoms with Crippen molar-refractivity contribution in [3.63, 3.8) is 0 Å². The Labute approximate surface area is 111 Å². The number of hydrogen-bond acceptors (Lipinski definition) is 0. The van der Waals surface area contributed by atoms with E-state index in [9.17, 15) is 0 Å². The minimum absolute atomic E-state index is 0.0755. The summed E-state index contributed by atoms with van der Waals surface area (Å²) in [5, 5.41) is 0. The molecule has 0 aliphatic heterocycles. The Bertz CT molecular complexity index is 372. The molecular weight excluding hydrogens is 411 g/mol. The van der Waals surface area contributed by atoms with Crippen LogP contribution in [0.25, 0.3) is 0 Å². The first-order valence-electron chi connectivity index (χ1n) is 4.97. The van der Waals surface area contributed by atoms with Crippen LogP contribution >= 0.6 is 0 Å². The van der Waals surface area contributed by atoms with E-state index >= 15 is 0 Å². The van der Waals surface area contributed by atoms with Gasteiger partial charge in [0, 0.05) is 0 Å². The second-order valence-electron chi connectivity index (χ2n) is 3.12. The average molecular weight is 423 g/mol. The fraction of sp³-hybridized carbons (Fsp3) is 0.231. The normalized spacial score (nSPS) is 16.3. The zero-order valence-corrected chi connectivity index (χ0v) is 13.1. The fourth-order valence-electron chi connectivity index (χ4n) is 1.23. The van der Waals surface area contributed by atoms with Crippen LogP contribution in [0.5, 0.6) is 0 Å². The molecule has 2 aliphatic carbocycles. The third-order valence-electron chi connectivity index (χ3n) is 1.94. The molecule has 2 rings (SSSR count). The van der Waals surface area contributed by atoms with Crippen molar-refractivity contribution >= 4 is 41.8 Å². The Balaban J connectivity index is 1.56. The van der Waals surface area contributed by atoms with Crippen molar-refractivity contribution in [2.45, 2.75) is 15.4 Å². The third-order valence-corrected chi connectivity index (χ3v) is 7.98. The van der Waals surface area contributed by atoms with E-state index in [1.165, 1.54) is 22.6 Å². The van der Waals surface area contributed by atoms with E-state index in [-0.39, 0.29) is 41.8 Å². The van der Waals surface area contributed by atoms with E-state index in [1.54, 1.807) is 0 Å². The molecule has 0 bridgehead atoms. The van der Waals surface area contributed by atoms with E-state index in [1.807, 2.05) is 12.2 Å². The molecule has 0 amide bonds. The van der Waals surface area contributed by atoms with Crippen molar-refractivity contribution in [3.05, 3.63) is 55.2 Å². The SMILES string of the molecule is C1=CC=CC=1[Te]CCC[Te]C1=C=CC=C1. The molecule has 15 heavy (non-hydrogen) atoms. The summed E-state index contributed by atoms with van der Waals surface area (Å²) in [6.07, 6.45) is 14.1. The molecule has 0 aromatic heterocycles. The summed E-state index contributed by atoms with van der Waals surface area (Å²) in [6, 6.07) is 0. The molecule has 0 N–H and O–H groups in total. The zero-order chi connectivity index (χ0) is 10.3. The van der Waals surface area contributed by atoms with Crippen LogP contribution in [-0.4, -0.2) is 41.8 Å². The van der Waals surface area contributed by atoms with Crippen LogP contribution in [0, 0.1) is 0 Å². The molecule has 2 aliphatic rings. The van der Waals surface area contributed by atoms with Crippen molar-refractivity contribution in [1.82, 2.24) is 0 Å². The van der Waals surface area contributed by atoms with Crippen LogP contribution in [0.1, 0.15) is 6.42 Å². The van der Waals surface area contributed by atoms with Gasteiger partial charge in [-0.05, 0) is 0 Å². The van der Waals surface area contributed by atoms with Gasteiger partial charge < -0.3 is 0 Å². The van der Waals surface area contributed by atoms with Gasteiger partial charge in [-0.2, -0.15) is 0 Å². The molecule has 0 unspecified atom stereocenters. The average Bonchev–Trinajstić information content (AvgIpc) is 2.88. The molecule has 0 aromatic rings. The standard InChI is InChI=1S/C13H12Te2/c1-2-7-12(6-1)14-10-5-11-15-13-8-3-4-9-13/h1-4,6,8H,5,10-11H2. The van der Waals surface area contributed by atoms with Crippen LogP contribution in [0.15, 0.2) is 55.2 Å². The first-order valence-corrected chi connectivity index (χ1v) is 10.6. The Morgan fingerprint density at radius 3 is 1.80 bits per heavy atom. The quantitative estimate of drug-likeness (QED) is 0.350. The molecular formula is C13H12Te2. The second kappa shape index (κ2) is 6.63. The molecule has 76 valence electrons. The molecule has 0 heterocycles. The van der Waals surface area contributed by atoms with Crippen molar-refractivity contribution in [2.24, 2.45) is 0 Å². The molecule has 0 fully saturated rings. The van der Waals surface area contributed by atoms with Gasteiger partial charge in [0.1, 0.15) is 0 Å². The molecule has 2 heteroatoms. The number of hydrogen-bond donors (Lipinski definition) is 0. The van der Waals surface area contributed by atoms with Crippen LogP contribution in [0.4, 0.5) is 0 Å². The maximum atomic E-state index is 3.30. The Morgan fingerprint density at radius 1 is 0.867 bits per heavy atom. The van der Waals surface area contributed by atoms with Crippen molar-refractivity contribution < 1.29 is 0 Å². The molecule has 0 radical (unpaired) electrons. The summed E-state index contributed by atoms with van der Waals surface area (Å²) in [5.74, 6) is 0. The molecule has 0 nitrogen and oxygen atoms in total. The summed E-state index contributed by atoms with van der Waals surface area (Å²) in [5.41, 5.74) is 6.61. The summed E-state index contributed by atoms with van der Waals surface area (Å²) in [4.78, 5) is 0. The van der Waals surface area contributed by atoms with Crippen molar-refractivity contribution in [2.75, 3.05) is 0 Å².